The van der Waals surface area contributed by atoms with Gasteiger partial charge in [-0.1, -0.05) is 13.0 Å². The summed E-state index contributed by atoms with van der Waals surface area (Å²) in [6, 6.07) is 5.16. The summed E-state index contributed by atoms with van der Waals surface area (Å²) in [6.07, 6.45) is -4.79. The zero-order valence-electron chi connectivity index (χ0n) is 19.2. The van der Waals surface area contributed by atoms with Crippen molar-refractivity contribution >= 4 is 16.6 Å². The van der Waals surface area contributed by atoms with Crippen LogP contribution in [0.25, 0.3) is 10.9 Å². The lowest BCUT2D eigenvalue weighted by atomic mass is 9.68. The van der Waals surface area contributed by atoms with E-state index in [0.717, 1.165) is 13.2 Å². The molecule has 5 nitrogen and oxygen atoms in total. The van der Waals surface area contributed by atoms with Gasteiger partial charge >= 0.3 is 6.18 Å². The zero-order valence-corrected chi connectivity index (χ0v) is 19.2. The van der Waals surface area contributed by atoms with Crippen LogP contribution >= 0.6 is 0 Å². The number of aryl methyl sites for hydroxylation is 1. The topological polar surface area (TPSA) is 74.3 Å². The molecule has 0 bridgehead atoms. The van der Waals surface area contributed by atoms with Crippen molar-refractivity contribution in [2.45, 2.75) is 57.3 Å². The number of benzene rings is 2. The molecule has 3 N–H and O–H groups in total. The molecule has 3 atom stereocenters. The minimum absolute atomic E-state index is 0.0196. The summed E-state index contributed by atoms with van der Waals surface area (Å²) in [5.41, 5.74) is -1.08. The molecular formula is C25H26F4N2O3. The highest BCUT2D eigenvalue weighted by Gasteiger charge is 2.64. The fourth-order valence-electron chi connectivity index (χ4n) is 5.09. The fraction of sp³-hybridized carbons (Fsp3) is 0.400. The summed E-state index contributed by atoms with van der Waals surface area (Å²) in [5, 5.41) is 14.1. The third-order valence-electron chi connectivity index (χ3n) is 7.10. The number of aromatic amines is 1. The molecule has 0 fully saturated rings. The number of phenols is 1. The van der Waals surface area contributed by atoms with Gasteiger partial charge in [-0.3, -0.25) is 4.79 Å². The quantitative estimate of drug-likeness (QED) is 0.403. The number of hydrogen-bond donors (Lipinski definition) is 3. The molecular weight excluding hydrogens is 452 g/mol. The summed E-state index contributed by atoms with van der Waals surface area (Å²) < 4.78 is 63.9. The summed E-state index contributed by atoms with van der Waals surface area (Å²) in [4.78, 5) is 14.1. The lowest BCUT2D eigenvalue weighted by Crippen LogP contribution is -2.57. The van der Waals surface area contributed by atoms with Crippen LogP contribution < -0.4 is 10.9 Å². The van der Waals surface area contributed by atoms with Gasteiger partial charge < -0.3 is 20.1 Å². The number of aromatic nitrogens is 1. The molecule has 0 spiro atoms. The van der Waals surface area contributed by atoms with Gasteiger partial charge in [0.25, 0.3) is 0 Å². The van der Waals surface area contributed by atoms with E-state index >= 15 is 0 Å². The Morgan fingerprint density at radius 1 is 1.24 bits per heavy atom. The first-order valence-electron chi connectivity index (χ1n) is 11.0. The molecule has 34 heavy (non-hydrogen) atoms. The maximum absolute atomic E-state index is 14.7. The molecule has 9 heteroatoms. The Morgan fingerprint density at radius 3 is 2.56 bits per heavy atom. The van der Waals surface area contributed by atoms with E-state index in [9.17, 15) is 27.5 Å². The van der Waals surface area contributed by atoms with Crippen molar-refractivity contribution in [1.29, 1.82) is 0 Å². The minimum Gasteiger partial charge on any atom is -0.507 e. The Morgan fingerprint density at radius 2 is 1.94 bits per heavy atom. The smallest absolute Gasteiger partial charge is 0.419 e. The first kappa shape index (κ1) is 24.1. The number of pyridine rings is 1. The van der Waals surface area contributed by atoms with E-state index in [4.69, 9.17) is 4.74 Å². The van der Waals surface area contributed by atoms with Gasteiger partial charge in [-0.25, -0.2) is 4.39 Å². The monoisotopic (exact) mass is 478 g/mol. The Kier molecular flexibility index (Phi) is 5.88. The third kappa shape index (κ3) is 3.53. The second kappa shape index (κ2) is 8.30. The van der Waals surface area contributed by atoms with Crippen LogP contribution in [0.15, 0.2) is 35.1 Å². The Labute approximate surface area is 193 Å². The average molecular weight is 478 g/mol. The van der Waals surface area contributed by atoms with E-state index in [2.05, 4.69) is 10.3 Å². The SMILES string of the molecule is CCC1CC(OC)(C(F)(F)F)C(Nc2ccc(F)c3[nH]c(=O)ccc23)c2cc(C)c(C)c(O)c21. The van der Waals surface area contributed by atoms with Crippen LogP contribution in [0.1, 0.15) is 54.0 Å². The molecule has 182 valence electrons. The van der Waals surface area contributed by atoms with E-state index in [1.165, 1.54) is 18.2 Å². The molecule has 0 saturated carbocycles. The van der Waals surface area contributed by atoms with E-state index < -0.39 is 41.5 Å². The molecule has 0 saturated heterocycles. The molecule has 0 aliphatic heterocycles. The number of nitrogens with one attached hydrogen (secondary N) is 2. The van der Waals surface area contributed by atoms with Gasteiger partial charge in [0.05, 0.1) is 11.6 Å². The molecule has 1 aliphatic carbocycles. The van der Waals surface area contributed by atoms with Gasteiger partial charge in [-0.2, -0.15) is 13.2 Å². The highest BCUT2D eigenvalue weighted by atomic mass is 19.4. The second-order valence-electron chi connectivity index (χ2n) is 8.85. The average Bonchev–Trinajstić information content (AvgIpc) is 2.78. The molecule has 4 rings (SSSR count). The highest BCUT2D eigenvalue weighted by Crippen LogP contribution is 2.57. The van der Waals surface area contributed by atoms with Gasteiger partial charge in [0, 0.05) is 29.8 Å². The molecule has 0 radical (unpaired) electrons. The van der Waals surface area contributed by atoms with Crippen molar-refractivity contribution in [3.8, 4) is 5.75 Å². The van der Waals surface area contributed by atoms with E-state index in [1.807, 2.05) is 0 Å². The second-order valence-corrected chi connectivity index (χ2v) is 8.85. The van der Waals surface area contributed by atoms with Crippen molar-refractivity contribution in [3.05, 3.63) is 68.8 Å². The van der Waals surface area contributed by atoms with Crippen LogP contribution in [0.3, 0.4) is 0 Å². The number of anilines is 1. The number of hydrogen-bond acceptors (Lipinski definition) is 4. The van der Waals surface area contributed by atoms with Crippen molar-refractivity contribution in [1.82, 2.24) is 4.98 Å². The molecule has 1 aromatic heterocycles. The zero-order chi connectivity index (χ0) is 25.0. The van der Waals surface area contributed by atoms with Gasteiger partial charge in [0.2, 0.25) is 5.56 Å². The van der Waals surface area contributed by atoms with Crippen LogP contribution in [-0.4, -0.2) is 29.0 Å². The summed E-state index contributed by atoms with van der Waals surface area (Å²) in [6.45, 7) is 5.23. The molecule has 0 amide bonds. The van der Waals surface area contributed by atoms with Crippen molar-refractivity contribution in [2.24, 2.45) is 0 Å². The number of halogens is 4. The first-order valence-corrected chi connectivity index (χ1v) is 11.0. The lowest BCUT2D eigenvalue weighted by Gasteiger charge is -2.48. The number of H-pyrrole nitrogens is 1. The largest absolute Gasteiger partial charge is 0.507 e. The van der Waals surface area contributed by atoms with Gasteiger partial charge in [0.1, 0.15) is 11.6 Å². The van der Waals surface area contributed by atoms with Gasteiger partial charge in [0.15, 0.2) is 5.60 Å². The third-order valence-corrected chi connectivity index (χ3v) is 7.10. The first-order chi connectivity index (χ1) is 15.9. The standard InChI is InChI=1S/C25H26F4N2O3/c1-5-14-11-24(34-4,25(27,28)29)23(16-10-12(2)13(3)22(33)20(14)16)30-18-8-7-17(26)21-15(18)6-9-19(32)31-21/h6-10,14,23,30,33H,5,11H2,1-4H3,(H,31,32). The van der Waals surface area contributed by atoms with Crippen molar-refractivity contribution in [2.75, 3.05) is 12.4 Å². The predicted octanol–water partition coefficient (Wildman–Crippen LogP) is 5.99. The van der Waals surface area contributed by atoms with Crippen LogP contribution in [0.2, 0.25) is 0 Å². The number of aromatic hydroxyl groups is 1. The van der Waals surface area contributed by atoms with Crippen molar-refractivity contribution in [3.63, 3.8) is 0 Å². The summed E-state index contributed by atoms with van der Waals surface area (Å²) >= 11 is 0. The lowest BCUT2D eigenvalue weighted by molar-refractivity contribution is -0.282. The maximum atomic E-state index is 14.7. The number of rotatable bonds is 4. The van der Waals surface area contributed by atoms with Crippen LogP contribution in [-0.2, 0) is 4.74 Å². The van der Waals surface area contributed by atoms with Gasteiger partial charge in [-0.15, -0.1) is 0 Å². The molecule has 3 aromatic rings. The van der Waals surface area contributed by atoms with E-state index in [0.29, 0.717) is 23.1 Å². The maximum Gasteiger partial charge on any atom is 0.419 e. The Bertz CT molecular complexity index is 1320. The normalized spacial score (nSPS) is 22.6. The highest BCUT2D eigenvalue weighted by molar-refractivity contribution is 5.91. The van der Waals surface area contributed by atoms with Crippen LogP contribution in [0.4, 0.5) is 23.2 Å². The number of phenolic OH excluding ortho intramolecular Hbond substituents is 1. The van der Waals surface area contributed by atoms with Crippen LogP contribution in [0, 0.1) is 19.7 Å². The number of fused-ring (bicyclic) bond motifs is 2. The minimum atomic E-state index is -4.76. The Hall–Kier alpha value is -3.07. The number of methoxy groups -OCH3 is 1. The molecule has 3 unspecified atom stereocenters. The van der Waals surface area contributed by atoms with Gasteiger partial charge in [-0.05, 0) is 67.5 Å². The van der Waals surface area contributed by atoms with Crippen molar-refractivity contribution < 1.29 is 27.4 Å². The van der Waals surface area contributed by atoms with E-state index in [1.54, 1.807) is 26.8 Å². The van der Waals surface area contributed by atoms with E-state index in [-0.39, 0.29) is 27.9 Å². The molecule has 1 heterocycles. The summed E-state index contributed by atoms with van der Waals surface area (Å²) in [5.74, 6) is -1.31. The van der Waals surface area contributed by atoms with Crippen LogP contribution in [0.5, 0.6) is 5.75 Å². The summed E-state index contributed by atoms with van der Waals surface area (Å²) in [7, 11) is 1.03. The number of alkyl halides is 3. The number of ether oxygens (including phenoxy) is 1. The fourth-order valence-corrected chi connectivity index (χ4v) is 5.09. The predicted molar refractivity (Wildman–Crippen MR) is 122 cm³/mol. The molecule has 2 aromatic carbocycles. The molecule has 1 aliphatic rings. The Balaban J connectivity index is 2.01.